The number of nitrogens with two attached hydrogens (primary N) is 1. The van der Waals surface area contributed by atoms with E-state index < -0.39 is 0 Å². The molecule has 4 heteroatoms. The summed E-state index contributed by atoms with van der Waals surface area (Å²) in [5.74, 6) is -0.377. The van der Waals surface area contributed by atoms with Crippen LogP contribution in [0.3, 0.4) is 0 Å². The van der Waals surface area contributed by atoms with Crippen molar-refractivity contribution in [3.63, 3.8) is 0 Å². The second-order valence-electron chi connectivity index (χ2n) is 5.18. The molecule has 0 spiro atoms. The second-order valence-corrected chi connectivity index (χ2v) is 5.18. The van der Waals surface area contributed by atoms with Gasteiger partial charge in [0.05, 0.1) is 11.3 Å². The van der Waals surface area contributed by atoms with E-state index in [4.69, 9.17) is 5.73 Å². The van der Waals surface area contributed by atoms with Gasteiger partial charge >= 0.3 is 0 Å². The summed E-state index contributed by atoms with van der Waals surface area (Å²) in [7, 11) is 0. The average molecular weight is 248 g/mol. The van der Waals surface area contributed by atoms with Gasteiger partial charge in [0.2, 0.25) is 0 Å². The monoisotopic (exact) mass is 248 g/mol. The summed E-state index contributed by atoms with van der Waals surface area (Å²) in [6, 6.07) is 4.83. The van der Waals surface area contributed by atoms with Crippen LogP contribution in [0.15, 0.2) is 18.2 Å². The second kappa shape index (κ2) is 4.88. The molecule has 0 radical (unpaired) electrons. The van der Waals surface area contributed by atoms with Gasteiger partial charge in [-0.3, -0.25) is 4.79 Å². The lowest BCUT2D eigenvalue weighted by Crippen LogP contribution is -2.30. The molecule has 98 valence electrons. The van der Waals surface area contributed by atoms with E-state index >= 15 is 0 Å². The quantitative estimate of drug-likeness (QED) is 0.552. The molecule has 4 N–H and O–H groups in total. The number of nitrogen functional groups attached to an aromatic ring is 1. The molecule has 1 saturated carbocycles. The predicted molar refractivity (Wildman–Crippen MR) is 71.4 cm³/mol. The number of hydrogen-bond acceptors (Lipinski definition) is 3. The average Bonchev–Trinajstić information content (AvgIpc) is 3.11. The van der Waals surface area contributed by atoms with Crippen LogP contribution in [-0.4, -0.2) is 17.6 Å². The number of phenols is 1. The minimum absolute atomic E-state index is 0.129. The van der Waals surface area contributed by atoms with Crippen LogP contribution in [0, 0.1) is 5.41 Å². The van der Waals surface area contributed by atoms with Crippen molar-refractivity contribution in [2.24, 2.45) is 5.41 Å². The summed E-state index contributed by atoms with van der Waals surface area (Å²) in [6.45, 7) is 2.85. The number of benzene rings is 1. The number of aromatic hydroxyl groups is 1. The third kappa shape index (κ3) is 2.58. The highest BCUT2D eigenvalue weighted by Gasteiger charge is 2.41. The smallest absolute Gasteiger partial charge is 0.255 e. The van der Waals surface area contributed by atoms with E-state index in [0.29, 0.717) is 12.0 Å². The summed E-state index contributed by atoms with van der Waals surface area (Å²) >= 11 is 0. The number of phenolic OH excluding ortho intramolecular Hbond substituents is 1. The Morgan fingerprint density at radius 1 is 1.50 bits per heavy atom. The molecule has 0 aliphatic heterocycles. The SMILES string of the molecule is CCCC1(CNC(=O)c2cccc(N)c2O)CC1. The Labute approximate surface area is 107 Å². The van der Waals surface area contributed by atoms with Gasteiger partial charge in [-0.15, -0.1) is 0 Å². The van der Waals surface area contributed by atoms with E-state index in [1.807, 2.05) is 0 Å². The maximum atomic E-state index is 12.0. The van der Waals surface area contributed by atoms with E-state index in [1.54, 1.807) is 18.2 Å². The van der Waals surface area contributed by atoms with Crippen LogP contribution in [-0.2, 0) is 0 Å². The van der Waals surface area contributed by atoms with Crippen molar-refractivity contribution in [3.05, 3.63) is 23.8 Å². The molecule has 2 rings (SSSR count). The third-order valence-corrected chi connectivity index (χ3v) is 3.67. The maximum absolute atomic E-state index is 12.0. The molecule has 0 aromatic heterocycles. The van der Waals surface area contributed by atoms with Crippen molar-refractivity contribution in [1.29, 1.82) is 0 Å². The lowest BCUT2D eigenvalue weighted by Gasteiger charge is -2.15. The summed E-state index contributed by atoms with van der Waals surface area (Å²) in [5, 5.41) is 12.6. The fraction of sp³-hybridized carbons (Fsp3) is 0.500. The Hall–Kier alpha value is -1.71. The van der Waals surface area contributed by atoms with Crippen molar-refractivity contribution >= 4 is 11.6 Å². The zero-order valence-electron chi connectivity index (χ0n) is 10.7. The molecule has 1 amide bonds. The first-order chi connectivity index (χ1) is 8.58. The highest BCUT2D eigenvalue weighted by atomic mass is 16.3. The van der Waals surface area contributed by atoms with Crippen LogP contribution < -0.4 is 11.1 Å². The van der Waals surface area contributed by atoms with Crippen molar-refractivity contribution in [3.8, 4) is 5.75 Å². The van der Waals surface area contributed by atoms with Crippen molar-refractivity contribution in [1.82, 2.24) is 5.32 Å². The lowest BCUT2D eigenvalue weighted by molar-refractivity contribution is 0.0941. The number of rotatable bonds is 5. The number of carbonyl (C=O) groups is 1. The Morgan fingerprint density at radius 2 is 2.22 bits per heavy atom. The van der Waals surface area contributed by atoms with Crippen LogP contribution in [0.4, 0.5) is 5.69 Å². The van der Waals surface area contributed by atoms with Gasteiger partial charge in [0, 0.05) is 6.54 Å². The van der Waals surface area contributed by atoms with Crippen LogP contribution >= 0.6 is 0 Å². The van der Waals surface area contributed by atoms with Crippen LogP contribution in [0.1, 0.15) is 43.0 Å². The summed E-state index contributed by atoms with van der Waals surface area (Å²) in [4.78, 5) is 12.0. The predicted octanol–water partition coefficient (Wildman–Crippen LogP) is 2.28. The summed E-state index contributed by atoms with van der Waals surface area (Å²) in [5.41, 5.74) is 6.36. The molecule has 0 heterocycles. The van der Waals surface area contributed by atoms with Crippen molar-refractivity contribution in [2.45, 2.75) is 32.6 Å². The van der Waals surface area contributed by atoms with Crippen molar-refractivity contribution in [2.75, 3.05) is 12.3 Å². The van der Waals surface area contributed by atoms with E-state index in [2.05, 4.69) is 12.2 Å². The lowest BCUT2D eigenvalue weighted by atomic mass is 10.0. The van der Waals surface area contributed by atoms with Crippen LogP contribution in [0.5, 0.6) is 5.75 Å². The van der Waals surface area contributed by atoms with Crippen molar-refractivity contribution < 1.29 is 9.90 Å². The summed E-state index contributed by atoms with van der Waals surface area (Å²) in [6.07, 6.45) is 4.66. The molecule has 4 nitrogen and oxygen atoms in total. The standard InChI is InChI=1S/C14H20N2O2/c1-2-6-14(7-8-14)9-16-13(18)10-4-3-5-11(15)12(10)17/h3-5,17H,2,6-9,15H2,1H3,(H,16,18). The highest BCUT2D eigenvalue weighted by molar-refractivity contribution is 5.98. The minimum atomic E-state index is -0.248. The van der Waals surface area contributed by atoms with E-state index in [-0.39, 0.29) is 22.9 Å². The van der Waals surface area contributed by atoms with E-state index in [1.165, 1.54) is 12.8 Å². The largest absolute Gasteiger partial charge is 0.505 e. The molecule has 0 unspecified atom stereocenters. The fourth-order valence-corrected chi connectivity index (χ4v) is 2.33. The van der Waals surface area contributed by atoms with Crippen LogP contribution in [0.2, 0.25) is 0 Å². The molecular formula is C14H20N2O2. The van der Waals surface area contributed by atoms with E-state index in [9.17, 15) is 9.90 Å². The Morgan fingerprint density at radius 3 is 2.83 bits per heavy atom. The zero-order chi connectivity index (χ0) is 13.2. The zero-order valence-corrected chi connectivity index (χ0v) is 10.7. The van der Waals surface area contributed by atoms with Gasteiger partial charge in [-0.05, 0) is 36.8 Å². The van der Waals surface area contributed by atoms with Gasteiger partial charge in [0.15, 0.2) is 5.75 Å². The number of amides is 1. The maximum Gasteiger partial charge on any atom is 0.255 e. The first-order valence-corrected chi connectivity index (χ1v) is 6.44. The van der Waals surface area contributed by atoms with Crippen LogP contribution in [0.25, 0.3) is 0 Å². The first kappa shape index (κ1) is 12.7. The Kier molecular flexibility index (Phi) is 3.45. The third-order valence-electron chi connectivity index (χ3n) is 3.67. The molecular weight excluding hydrogens is 228 g/mol. The Bertz CT molecular complexity index is 453. The van der Waals surface area contributed by atoms with Gasteiger partial charge in [0.1, 0.15) is 0 Å². The Balaban J connectivity index is 1.98. The fourth-order valence-electron chi connectivity index (χ4n) is 2.33. The number of nitrogens with one attached hydrogen (secondary N) is 1. The molecule has 0 bridgehead atoms. The van der Waals surface area contributed by atoms with Gasteiger partial charge in [-0.25, -0.2) is 0 Å². The van der Waals surface area contributed by atoms with E-state index in [0.717, 1.165) is 12.8 Å². The van der Waals surface area contributed by atoms with Gasteiger partial charge < -0.3 is 16.2 Å². The number of hydrogen-bond donors (Lipinski definition) is 3. The topological polar surface area (TPSA) is 75.4 Å². The van der Waals surface area contributed by atoms with Gasteiger partial charge in [0.25, 0.3) is 5.91 Å². The molecule has 1 fully saturated rings. The number of carbonyl (C=O) groups excluding carboxylic acids is 1. The molecule has 1 aromatic rings. The molecule has 18 heavy (non-hydrogen) atoms. The highest BCUT2D eigenvalue weighted by Crippen LogP contribution is 2.48. The first-order valence-electron chi connectivity index (χ1n) is 6.44. The molecule has 1 aromatic carbocycles. The summed E-state index contributed by atoms with van der Waals surface area (Å²) < 4.78 is 0. The van der Waals surface area contributed by atoms with Gasteiger partial charge in [-0.2, -0.15) is 0 Å². The minimum Gasteiger partial charge on any atom is -0.505 e. The number of para-hydroxylation sites is 1. The number of anilines is 1. The molecule has 0 atom stereocenters. The molecule has 0 saturated heterocycles. The normalized spacial score (nSPS) is 16.3. The molecule has 1 aliphatic carbocycles. The van der Waals surface area contributed by atoms with Gasteiger partial charge in [-0.1, -0.05) is 19.4 Å². The molecule has 1 aliphatic rings.